The summed E-state index contributed by atoms with van der Waals surface area (Å²) in [5.41, 5.74) is 1.44. The summed E-state index contributed by atoms with van der Waals surface area (Å²) < 4.78 is 18.5. The highest BCUT2D eigenvalue weighted by Crippen LogP contribution is 2.27. The second kappa shape index (κ2) is 4.87. The molecule has 0 amide bonds. The summed E-state index contributed by atoms with van der Waals surface area (Å²) in [6.45, 7) is 2.48. The van der Waals surface area contributed by atoms with Crippen molar-refractivity contribution in [1.29, 1.82) is 0 Å². The minimum absolute atomic E-state index is 0.0817. The second-order valence-corrected chi connectivity index (χ2v) is 3.66. The molecule has 0 aliphatic carbocycles. The number of benzene rings is 2. The average Bonchev–Trinajstić information content (AvgIpc) is 2.28. The van der Waals surface area contributed by atoms with Crippen LogP contribution >= 0.6 is 0 Å². The second-order valence-electron chi connectivity index (χ2n) is 3.66. The van der Waals surface area contributed by atoms with E-state index in [2.05, 4.69) is 0 Å². The lowest BCUT2D eigenvalue weighted by Gasteiger charge is -2.07. The van der Waals surface area contributed by atoms with E-state index in [4.69, 9.17) is 4.74 Å². The molecule has 88 valence electrons. The number of ether oxygens (including phenoxy) is 1. The molecule has 0 fully saturated rings. The van der Waals surface area contributed by atoms with E-state index in [-0.39, 0.29) is 5.75 Å². The third-order valence-electron chi connectivity index (χ3n) is 2.36. The summed E-state index contributed by atoms with van der Waals surface area (Å²) in [5.74, 6) is 0.192. The summed E-state index contributed by atoms with van der Waals surface area (Å²) in [5, 5.41) is 9.36. The topological polar surface area (TPSA) is 29.5 Å². The number of rotatable bonds is 3. The molecule has 0 atom stereocenters. The molecule has 0 aliphatic heterocycles. The monoisotopic (exact) mass is 232 g/mol. The van der Waals surface area contributed by atoms with Gasteiger partial charge in [-0.1, -0.05) is 12.1 Å². The average molecular weight is 232 g/mol. The van der Waals surface area contributed by atoms with E-state index in [0.29, 0.717) is 12.2 Å². The quantitative estimate of drug-likeness (QED) is 0.876. The van der Waals surface area contributed by atoms with Gasteiger partial charge in [0.05, 0.1) is 6.61 Å². The summed E-state index contributed by atoms with van der Waals surface area (Å²) in [6.07, 6.45) is 0. The van der Waals surface area contributed by atoms with Crippen LogP contribution in [0.5, 0.6) is 11.5 Å². The molecule has 0 saturated heterocycles. The summed E-state index contributed by atoms with van der Waals surface area (Å²) >= 11 is 0. The van der Waals surface area contributed by atoms with Gasteiger partial charge < -0.3 is 9.84 Å². The first-order valence-electron chi connectivity index (χ1n) is 5.42. The highest BCUT2D eigenvalue weighted by atomic mass is 19.1. The first-order valence-corrected chi connectivity index (χ1v) is 5.42. The van der Waals surface area contributed by atoms with Gasteiger partial charge in [0, 0.05) is 6.07 Å². The fourth-order valence-electron chi connectivity index (χ4n) is 1.67. The molecule has 2 nitrogen and oxygen atoms in total. The van der Waals surface area contributed by atoms with Crippen LogP contribution in [0.25, 0.3) is 11.1 Å². The van der Waals surface area contributed by atoms with Gasteiger partial charge in [0.2, 0.25) is 0 Å². The number of halogens is 1. The molecule has 0 unspecified atom stereocenters. The first-order chi connectivity index (χ1) is 8.19. The molecule has 2 rings (SSSR count). The lowest BCUT2D eigenvalue weighted by Crippen LogP contribution is -1.91. The van der Waals surface area contributed by atoms with Crippen molar-refractivity contribution in [3.05, 3.63) is 48.3 Å². The fraction of sp³-hybridized carbons (Fsp3) is 0.143. The minimum Gasteiger partial charge on any atom is -0.508 e. The van der Waals surface area contributed by atoms with E-state index < -0.39 is 5.82 Å². The van der Waals surface area contributed by atoms with Crippen LogP contribution in [0.4, 0.5) is 4.39 Å². The van der Waals surface area contributed by atoms with Gasteiger partial charge >= 0.3 is 0 Å². The van der Waals surface area contributed by atoms with E-state index in [1.54, 1.807) is 0 Å². The van der Waals surface area contributed by atoms with Crippen molar-refractivity contribution < 1.29 is 14.2 Å². The summed E-state index contributed by atoms with van der Waals surface area (Å²) in [6, 6.07) is 11.3. The maximum absolute atomic E-state index is 13.2. The summed E-state index contributed by atoms with van der Waals surface area (Å²) in [4.78, 5) is 0. The number of hydrogen-bond donors (Lipinski definition) is 1. The lowest BCUT2D eigenvalue weighted by atomic mass is 10.1. The van der Waals surface area contributed by atoms with Gasteiger partial charge in [-0.3, -0.25) is 0 Å². The Morgan fingerprint density at radius 3 is 2.65 bits per heavy atom. The van der Waals surface area contributed by atoms with Crippen molar-refractivity contribution in [3.8, 4) is 22.6 Å². The van der Waals surface area contributed by atoms with Crippen LogP contribution in [0, 0.1) is 5.82 Å². The van der Waals surface area contributed by atoms with Crippen LogP contribution in [-0.2, 0) is 0 Å². The molecular weight excluding hydrogens is 219 g/mol. The Bertz CT molecular complexity index is 503. The zero-order valence-electron chi connectivity index (χ0n) is 9.48. The molecule has 0 aromatic heterocycles. The zero-order valence-corrected chi connectivity index (χ0v) is 9.48. The first kappa shape index (κ1) is 11.5. The lowest BCUT2D eigenvalue weighted by molar-refractivity contribution is 0.340. The van der Waals surface area contributed by atoms with Crippen molar-refractivity contribution in [3.63, 3.8) is 0 Å². The van der Waals surface area contributed by atoms with E-state index in [1.807, 2.05) is 31.2 Å². The van der Waals surface area contributed by atoms with Gasteiger partial charge in [0.15, 0.2) is 0 Å². The van der Waals surface area contributed by atoms with E-state index in [1.165, 1.54) is 12.1 Å². The molecular formula is C14H13FO2. The molecule has 1 N–H and O–H groups in total. The third kappa shape index (κ3) is 2.75. The van der Waals surface area contributed by atoms with Crippen LogP contribution in [0.15, 0.2) is 42.5 Å². The molecule has 0 bridgehead atoms. The molecule has 0 spiro atoms. The predicted octanol–water partition coefficient (Wildman–Crippen LogP) is 3.60. The van der Waals surface area contributed by atoms with Gasteiger partial charge in [0.25, 0.3) is 0 Å². The maximum atomic E-state index is 13.2. The Balaban J connectivity index is 2.41. The third-order valence-corrected chi connectivity index (χ3v) is 2.36. The van der Waals surface area contributed by atoms with Crippen molar-refractivity contribution in [1.82, 2.24) is 0 Å². The smallest absolute Gasteiger partial charge is 0.127 e. The highest BCUT2D eigenvalue weighted by molar-refractivity contribution is 5.66. The van der Waals surface area contributed by atoms with Crippen LogP contribution in [-0.4, -0.2) is 11.7 Å². The maximum Gasteiger partial charge on any atom is 0.127 e. The molecule has 2 aromatic rings. The Kier molecular flexibility index (Phi) is 3.28. The Morgan fingerprint density at radius 1 is 1.12 bits per heavy atom. The van der Waals surface area contributed by atoms with Gasteiger partial charge in [-0.25, -0.2) is 4.39 Å². The van der Waals surface area contributed by atoms with Crippen LogP contribution in [0.2, 0.25) is 0 Å². The number of hydrogen-bond acceptors (Lipinski definition) is 2. The minimum atomic E-state index is -0.457. The van der Waals surface area contributed by atoms with E-state index in [9.17, 15) is 9.50 Å². The normalized spacial score (nSPS) is 10.2. The van der Waals surface area contributed by atoms with E-state index >= 15 is 0 Å². The largest absolute Gasteiger partial charge is 0.508 e. The fourth-order valence-corrected chi connectivity index (χ4v) is 1.67. The Labute approximate surface area is 99.3 Å². The van der Waals surface area contributed by atoms with Crippen LogP contribution in [0.3, 0.4) is 0 Å². The van der Waals surface area contributed by atoms with E-state index in [0.717, 1.165) is 17.4 Å². The summed E-state index contributed by atoms with van der Waals surface area (Å²) in [7, 11) is 0. The number of phenolic OH excluding ortho intramolecular Hbond substituents is 1. The molecule has 0 radical (unpaired) electrons. The standard InChI is InChI=1S/C14H13FO2/c1-2-17-14-5-3-4-10(8-14)11-6-12(15)9-13(16)7-11/h3-9,16H,2H2,1H3. The Hall–Kier alpha value is -2.03. The van der Waals surface area contributed by atoms with Gasteiger partial charge in [0.1, 0.15) is 17.3 Å². The van der Waals surface area contributed by atoms with Crippen LogP contribution < -0.4 is 4.74 Å². The zero-order chi connectivity index (χ0) is 12.3. The number of phenols is 1. The van der Waals surface area contributed by atoms with Crippen molar-refractivity contribution >= 4 is 0 Å². The van der Waals surface area contributed by atoms with Gasteiger partial charge in [-0.05, 0) is 42.3 Å². The SMILES string of the molecule is CCOc1cccc(-c2cc(O)cc(F)c2)c1. The molecule has 0 aliphatic rings. The highest BCUT2D eigenvalue weighted by Gasteiger charge is 2.03. The number of aromatic hydroxyl groups is 1. The predicted molar refractivity (Wildman–Crippen MR) is 64.7 cm³/mol. The Morgan fingerprint density at radius 2 is 1.94 bits per heavy atom. The van der Waals surface area contributed by atoms with Crippen LogP contribution in [0.1, 0.15) is 6.92 Å². The molecule has 17 heavy (non-hydrogen) atoms. The molecule has 3 heteroatoms. The van der Waals surface area contributed by atoms with Gasteiger partial charge in [-0.15, -0.1) is 0 Å². The molecule has 0 saturated carbocycles. The molecule has 0 heterocycles. The van der Waals surface area contributed by atoms with Crippen molar-refractivity contribution in [2.24, 2.45) is 0 Å². The van der Waals surface area contributed by atoms with Crippen molar-refractivity contribution in [2.45, 2.75) is 6.92 Å². The van der Waals surface area contributed by atoms with Gasteiger partial charge in [-0.2, -0.15) is 0 Å². The molecule has 2 aromatic carbocycles. The van der Waals surface area contributed by atoms with Crippen molar-refractivity contribution in [2.75, 3.05) is 6.61 Å².